The molecule has 0 aliphatic carbocycles. The second-order valence-corrected chi connectivity index (χ2v) is 7.39. The molecule has 11 heteroatoms. The second kappa shape index (κ2) is 7.49. The molecule has 1 atom stereocenters. The molecule has 0 fully saturated rings. The Labute approximate surface area is 175 Å². The van der Waals surface area contributed by atoms with Crippen molar-refractivity contribution in [2.24, 2.45) is 7.05 Å². The smallest absolute Gasteiger partial charge is 0.262 e. The van der Waals surface area contributed by atoms with E-state index in [1.165, 1.54) is 10.9 Å². The first-order chi connectivity index (χ1) is 15.0. The van der Waals surface area contributed by atoms with Crippen LogP contribution in [0.5, 0.6) is 11.5 Å². The average Bonchev–Trinajstić information content (AvgIpc) is 3.13. The fraction of sp³-hybridized carbons (Fsp3) is 0.300. The number of ether oxygens (including phenoxy) is 2. The van der Waals surface area contributed by atoms with Crippen LogP contribution in [0.4, 0.5) is 20.2 Å². The Bertz CT molecular complexity index is 1170. The Morgan fingerprint density at radius 3 is 2.87 bits per heavy atom. The van der Waals surface area contributed by atoms with Crippen LogP contribution in [0.2, 0.25) is 0 Å². The van der Waals surface area contributed by atoms with Crippen molar-refractivity contribution in [3.63, 3.8) is 0 Å². The molecule has 1 aromatic heterocycles. The molecule has 0 bridgehead atoms. The fourth-order valence-corrected chi connectivity index (χ4v) is 3.81. The Hall–Kier alpha value is -3.76. The van der Waals surface area contributed by atoms with Crippen LogP contribution in [0, 0.1) is 11.6 Å². The maximum atomic E-state index is 14.8. The van der Waals surface area contributed by atoms with Crippen LogP contribution >= 0.6 is 0 Å². The topological polar surface area (TPSA) is 94.4 Å². The van der Waals surface area contributed by atoms with Crippen LogP contribution < -0.4 is 19.7 Å². The molecule has 2 aromatic carbocycles. The number of rotatable bonds is 4. The maximum Gasteiger partial charge on any atom is 0.262 e. The van der Waals surface area contributed by atoms with Gasteiger partial charge in [0.1, 0.15) is 29.6 Å². The van der Waals surface area contributed by atoms with Crippen molar-refractivity contribution in [2.45, 2.75) is 19.0 Å². The van der Waals surface area contributed by atoms with Crippen LogP contribution in [0.25, 0.3) is 0 Å². The van der Waals surface area contributed by atoms with Crippen LogP contribution in [0.1, 0.15) is 11.4 Å². The zero-order chi connectivity index (χ0) is 21.5. The number of benzene rings is 2. The minimum atomic E-state index is -0.721. The lowest BCUT2D eigenvalue weighted by Gasteiger charge is -2.38. The first kappa shape index (κ1) is 19.2. The number of halogens is 2. The van der Waals surface area contributed by atoms with Gasteiger partial charge in [-0.2, -0.15) is 4.80 Å². The molecule has 2 aliphatic heterocycles. The number of fused-ring (bicyclic) bond motifs is 2. The van der Waals surface area contributed by atoms with E-state index in [1.54, 1.807) is 24.1 Å². The molecule has 3 heterocycles. The summed E-state index contributed by atoms with van der Waals surface area (Å²) < 4.78 is 39.7. The van der Waals surface area contributed by atoms with Gasteiger partial charge >= 0.3 is 0 Å². The summed E-state index contributed by atoms with van der Waals surface area (Å²) in [6.45, 7) is 0.444. The van der Waals surface area contributed by atoms with Crippen molar-refractivity contribution in [1.29, 1.82) is 0 Å². The van der Waals surface area contributed by atoms with Gasteiger partial charge in [-0.3, -0.25) is 4.79 Å². The number of nitrogens with zero attached hydrogens (tertiary/aromatic N) is 5. The van der Waals surface area contributed by atoms with Gasteiger partial charge in [0.15, 0.2) is 18.2 Å². The van der Waals surface area contributed by atoms with Gasteiger partial charge in [0.25, 0.3) is 5.91 Å². The number of hydrogen-bond donors (Lipinski definition) is 1. The predicted octanol–water partition coefficient (Wildman–Crippen LogP) is 1.83. The van der Waals surface area contributed by atoms with E-state index in [0.29, 0.717) is 23.7 Å². The molecule has 1 amide bonds. The average molecular weight is 428 g/mol. The molecule has 9 nitrogen and oxygen atoms in total. The number of amides is 1. The van der Waals surface area contributed by atoms with Crippen LogP contribution in [0.15, 0.2) is 30.3 Å². The first-order valence-electron chi connectivity index (χ1n) is 9.63. The van der Waals surface area contributed by atoms with E-state index < -0.39 is 11.6 Å². The van der Waals surface area contributed by atoms with E-state index in [1.807, 2.05) is 6.07 Å². The highest BCUT2D eigenvalue weighted by atomic mass is 19.1. The third kappa shape index (κ3) is 3.74. The number of anilines is 2. The highest BCUT2D eigenvalue weighted by Gasteiger charge is 2.32. The number of aromatic nitrogens is 4. The first-order valence-corrected chi connectivity index (χ1v) is 9.63. The summed E-state index contributed by atoms with van der Waals surface area (Å²) in [4.78, 5) is 14.8. The maximum absolute atomic E-state index is 14.8. The Morgan fingerprint density at radius 1 is 1.19 bits per heavy atom. The lowest BCUT2D eigenvalue weighted by atomic mass is 10.1. The van der Waals surface area contributed by atoms with E-state index >= 15 is 0 Å². The standard InChI is InChI=1S/C20H18F2N6O3/c1-27-25-18(24-26-27)7-13-9-30-17-6-12(21)5-14(22)20(17)28(13)8-11-2-3-16-15(4-11)23-19(29)10-31-16/h2-6,13H,7-10H2,1H3,(H,23,29)/t13-/m0/s1. The van der Waals surface area contributed by atoms with E-state index in [-0.39, 0.29) is 43.1 Å². The Balaban J connectivity index is 1.50. The van der Waals surface area contributed by atoms with E-state index in [2.05, 4.69) is 20.7 Å². The number of hydrogen-bond acceptors (Lipinski definition) is 7. The third-order valence-corrected chi connectivity index (χ3v) is 5.15. The number of carbonyl (C=O) groups excluding carboxylic acids is 1. The van der Waals surface area contributed by atoms with Crippen LogP contribution in [0.3, 0.4) is 0 Å². The third-order valence-electron chi connectivity index (χ3n) is 5.15. The Kier molecular flexibility index (Phi) is 4.64. The van der Waals surface area contributed by atoms with Crippen molar-refractivity contribution < 1.29 is 23.0 Å². The van der Waals surface area contributed by atoms with E-state index in [0.717, 1.165) is 11.6 Å². The summed E-state index contributed by atoms with van der Waals surface area (Å²) in [5, 5.41) is 14.8. The molecule has 0 spiro atoms. The zero-order valence-corrected chi connectivity index (χ0v) is 16.5. The lowest BCUT2D eigenvalue weighted by Crippen LogP contribution is -2.45. The van der Waals surface area contributed by atoms with Gasteiger partial charge in [0.2, 0.25) is 0 Å². The molecule has 0 saturated heterocycles. The van der Waals surface area contributed by atoms with Crippen LogP contribution in [-0.2, 0) is 24.8 Å². The van der Waals surface area contributed by atoms with Gasteiger partial charge in [-0.05, 0) is 22.9 Å². The Morgan fingerprint density at radius 2 is 2.06 bits per heavy atom. The minimum absolute atomic E-state index is 0.0346. The molecule has 3 aromatic rings. The summed E-state index contributed by atoms with van der Waals surface area (Å²) in [5.41, 5.74) is 1.52. The van der Waals surface area contributed by atoms with Gasteiger partial charge in [0.05, 0.1) is 18.8 Å². The molecule has 160 valence electrons. The molecule has 5 rings (SSSR count). The van der Waals surface area contributed by atoms with Gasteiger partial charge in [0, 0.05) is 25.1 Å². The fourth-order valence-electron chi connectivity index (χ4n) is 3.81. The van der Waals surface area contributed by atoms with E-state index in [9.17, 15) is 13.6 Å². The van der Waals surface area contributed by atoms with Crippen molar-refractivity contribution in [3.05, 3.63) is 53.4 Å². The minimum Gasteiger partial charge on any atom is -0.489 e. The van der Waals surface area contributed by atoms with Crippen molar-refractivity contribution in [3.8, 4) is 11.5 Å². The normalized spacial score (nSPS) is 17.3. The van der Waals surface area contributed by atoms with Gasteiger partial charge in [-0.1, -0.05) is 6.07 Å². The molecule has 0 unspecified atom stereocenters. The van der Waals surface area contributed by atoms with E-state index in [4.69, 9.17) is 9.47 Å². The largest absolute Gasteiger partial charge is 0.489 e. The number of carbonyl (C=O) groups is 1. The summed E-state index contributed by atoms with van der Waals surface area (Å²) in [6, 6.07) is 7.05. The molecule has 2 aliphatic rings. The monoisotopic (exact) mass is 428 g/mol. The summed E-state index contributed by atoms with van der Waals surface area (Å²) in [5.74, 6) is -0.484. The van der Waals surface area contributed by atoms with Gasteiger partial charge in [-0.15, -0.1) is 10.2 Å². The number of nitrogens with one attached hydrogen (secondary N) is 1. The summed E-state index contributed by atoms with van der Waals surface area (Å²) in [7, 11) is 1.66. The van der Waals surface area contributed by atoms with Crippen molar-refractivity contribution in [1.82, 2.24) is 20.2 Å². The highest BCUT2D eigenvalue weighted by molar-refractivity contribution is 5.95. The molecule has 1 N–H and O–H groups in total. The molecule has 31 heavy (non-hydrogen) atoms. The SMILES string of the molecule is Cn1nnc(C[C@H]2COc3cc(F)cc(F)c3N2Cc2ccc3c(c2)NC(=O)CO3)n1. The molecular formula is C20H18F2N6O3. The van der Waals surface area contributed by atoms with Gasteiger partial charge < -0.3 is 19.7 Å². The quantitative estimate of drug-likeness (QED) is 0.678. The molecule has 0 saturated carbocycles. The number of aryl methyl sites for hydroxylation is 1. The van der Waals surface area contributed by atoms with Crippen molar-refractivity contribution in [2.75, 3.05) is 23.4 Å². The molecule has 0 radical (unpaired) electrons. The lowest BCUT2D eigenvalue weighted by molar-refractivity contribution is -0.118. The summed E-state index contributed by atoms with van der Waals surface area (Å²) in [6.07, 6.45) is 0.356. The molecular weight excluding hydrogens is 410 g/mol. The number of tetrazole rings is 1. The zero-order valence-electron chi connectivity index (χ0n) is 16.5. The second-order valence-electron chi connectivity index (χ2n) is 7.39. The van der Waals surface area contributed by atoms with Crippen LogP contribution in [-0.4, -0.2) is 45.4 Å². The highest BCUT2D eigenvalue weighted by Crippen LogP contribution is 2.39. The van der Waals surface area contributed by atoms with Gasteiger partial charge in [-0.25, -0.2) is 8.78 Å². The predicted molar refractivity (Wildman–Crippen MR) is 105 cm³/mol. The summed E-state index contributed by atoms with van der Waals surface area (Å²) >= 11 is 0. The van der Waals surface area contributed by atoms with Crippen molar-refractivity contribution >= 4 is 17.3 Å².